The van der Waals surface area contributed by atoms with Crippen molar-refractivity contribution in [3.8, 4) is 0 Å². The second-order valence-corrected chi connectivity index (χ2v) is 12.4. The Kier molecular flexibility index (Phi) is 26.6. The summed E-state index contributed by atoms with van der Waals surface area (Å²) in [5, 5.41) is 0. The molecule has 0 aliphatic heterocycles. The molecule has 6 nitrogen and oxygen atoms in total. The zero-order valence-electron chi connectivity index (χ0n) is 28.3. The molecular formula is C39H62N4O2. The molecule has 2 aromatic carbocycles. The van der Waals surface area contributed by atoms with E-state index in [4.69, 9.17) is 11.5 Å². The van der Waals surface area contributed by atoms with Crippen molar-refractivity contribution in [2.24, 2.45) is 21.5 Å². The number of aliphatic imine (C=N–C) groups is 2. The third-order valence-electron chi connectivity index (χ3n) is 8.34. The summed E-state index contributed by atoms with van der Waals surface area (Å²) in [6.45, 7) is 3.16. The standard InChI is InChI=1S/C18H39N.C15H10N2O2.C6H13N/c1-2-3-4-5-6-7-8-9-10-11-12-13-14-15-16-17-18-19;18-10-16-14-5-1-12(2-6-14)9-13-3-7-15(8-4-13)17-11-19;7-6-4-2-1-3-5-6/h2-19H2,1H3;1-8H,9H2;6H,1-5,7H2. The second kappa shape index (κ2) is 29.8. The molecule has 0 radical (unpaired) electrons. The highest BCUT2D eigenvalue weighted by Crippen LogP contribution is 2.18. The SMILES string of the molecule is CCCCCCCCCCCCCCCCCCN.NC1CCCCC1.O=C=Nc1ccc(Cc2ccc(N=C=O)cc2)cc1. The number of unbranched alkanes of at least 4 members (excludes halogenated alkanes) is 15. The lowest BCUT2D eigenvalue weighted by Crippen LogP contribution is -2.22. The number of nitrogens with two attached hydrogens (primary N) is 2. The molecule has 0 unspecified atom stereocenters. The first-order chi connectivity index (χ1) is 22.1. The first kappa shape index (κ1) is 40.1. The van der Waals surface area contributed by atoms with Gasteiger partial charge in [0.05, 0.1) is 11.4 Å². The van der Waals surface area contributed by atoms with Crippen molar-refractivity contribution < 1.29 is 9.59 Å². The lowest BCUT2D eigenvalue weighted by atomic mass is 9.97. The molecule has 0 heterocycles. The van der Waals surface area contributed by atoms with E-state index < -0.39 is 0 Å². The minimum absolute atomic E-state index is 0.536. The number of isocyanates is 2. The van der Waals surface area contributed by atoms with Crippen molar-refractivity contribution in [3.63, 3.8) is 0 Å². The molecule has 0 amide bonds. The second-order valence-electron chi connectivity index (χ2n) is 12.4. The largest absolute Gasteiger partial charge is 0.330 e. The van der Waals surface area contributed by atoms with Gasteiger partial charge in [-0.2, -0.15) is 9.98 Å². The fraction of sp³-hybridized carbons (Fsp3) is 0.641. The Hall–Kier alpha value is -2.88. The van der Waals surface area contributed by atoms with Gasteiger partial charge < -0.3 is 11.5 Å². The summed E-state index contributed by atoms with van der Waals surface area (Å²) >= 11 is 0. The monoisotopic (exact) mass is 618 g/mol. The first-order valence-corrected chi connectivity index (χ1v) is 17.9. The molecule has 1 saturated carbocycles. The van der Waals surface area contributed by atoms with Crippen molar-refractivity contribution in [1.82, 2.24) is 0 Å². The van der Waals surface area contributed by atoms with Crippen LogP contribution in [0, 0.1) is 0 Å². The van der Waals surface area contributed by atoms with Gasteiger partial charge in [-0.05, 0) is 67.6 Å². The Balaban J connectivity index is 0.000000370. The van der Waals surface area contributed by atoms with Crippen LogP contribution in [0.2, 0.25) is 0 Å². The average molecular weight is 619 g/mol. The van der Waals surface area contributed by atoms with Crippen LogP contribution in [0.1, 0.15) is 153 Å². The Morgan fingerprint density at radius 3 is 1.22 bits per heavy atom. The molecule has 250 valence electrons. The number of rotatable bonds is 20. The maximum absolute atomic E-state index is 10.1. The van der Waals surface area contributed by atoms with Gasteiger partial charge in [0.2, 0.25) is 12.2 Å². The third-order valence-corrected chi connectivity index (χ3v) is 8.34. The van der Waals surface area contributed by atoms with E-state index in [2.05, 4.69) is 16.9 Å². The fourth-order valence-corrected chi connectivity index (χ4v) is 5.54. The van der Waals surface area contributed by atoms with Crippen LogP contribution in [-0.2, 0) is 16.0 Å². The van der Waals surface area contributed by atoms with Crippen molar-refractivity contribution in [3.05, 3.63) is 59.7 Å². The van der Waals surface area contributed by atoms with Gasteiger partial charge in [-0.25, -0.2) is 9.59 Å². The zero-order valence-corrected chi connectivity index (χ0v) is 28.3. The van der Waals surface area contributed by atoms with Gasteiger partial charge in [-0.3, -0.25) is 0 Å². The van der Waals surface area contributed by atoms with Crippen LogP contribution in [-0.4, -0.2) is 24.7 Å². The lowest BCUT2D eigenvalue weighted by Gasteiger charge is -2.15. The van der Waals surface area contributed by atoms with Crippen LogP contribution in [0.3, 0.4) is 0 Å². The van der Waals surface area contributed by atoms with Crippen LogP contribution < -0.4 is 11.5 Å². The summed E-state index contributed by atoms with van der Waals surface area (Å²) in [5.74, 6) is 0. The normalized spacial score (nSPS) is 12.5. The topological polar surface area (TPSA) is 111 Å². The summed E-state index contributed by atoms with van der Waals surface area (Å²) in [5.41, 5.74) is 14.5. The lowest BCUT2D eigenvalue weighted by molar-refractivity contribution is 0.441. The van der Waals surface area contributed by atoms with Gasteiger partial charge in [-0.15, -0.1) is 0 Å². The summed E-state index contributed by atoms with van der Waals surface area (Å²) in [6.07, 6.45) is 33.3. The van der Waals surface area contributed by atoms with Crippen LogP contribution in [0.25, 0.3) is 0 Å². The van der Waals surface area contributed by atoms with E-state index >= 15 is 0 Å². The predicted octanol–water partition coefficient (Wildman–Crippen LogP) is 10.7. The van der Waals surface area contributed by atoms with Gasteiger partial charge in [0.15, 0.2) is 0 Å². The Morgan fingerprint density at radius 1 is 0.578 bits per heavy atom. The molecule has 0 spiro atoms. The zero-order chi connectivity index (χ0) is 32.6. The van der Waals surface area contributed by atoms with Crippen molar-refractivity contribution in [2.75, 3.05) is 6.54 Å². The molecule has 1 aliphatic rings. The van der Waals surface area contributed by atoms with E-state index in [1.165, 1.54) is 147 Å². The van der Waals surface area contributed by atoms with Crippen LogP contribution >= 0.6 is 0 Å². The van der Waals surface area contributed by atoms with Crippen molar-refractivity contribution in [2.45, 2.75) is 154 Å². The highest BCUT2D eigenvalue weighted by Gasteiger charge is 2.06. The van der Waals surface area contributed by atoms with Crippen molar-refractivity contribution in [1.29, 1.82) is 0 Å². The van der Waals surface area contributed by atoms with Gasteiger partial charge >= 0.3 is 0 Å². The molecule has 4 N–H and O–H groups in total. The molecule has 1 aliphatic carbocycles. The molecule has 0 saturated heterocycles. The smallest absolute Gasteiger partial charge is 0.240 e. The van der Waals surface area contributed by atoms with E-state index in [9.17, 15) is 9.59 Å². The maximum atomic E-state index is 10.1. The molecule has 6 heteroatoms. The molecule has 0 bridgehead atoms. The minimum Gasteiger partial charge on any atom is -0.330 e. The van der Waals surface area contributed by atoms with E-state index in [1.807, 2.05) is 24.3 Å². The average Bonchev–Trinajstić information content (AvgIpc) is 3.06. The summed E-state index contributed by atoms with van der Waals surface area (Å²) in [7, 11) is 0. The minimum atomic E-state index is 0.536. The number of hydrogen-bond acceptors (Lipinski definition) is 6. The molecule has 45 heavy (non-hydrogen) atoms. The number of benzene rings is 2. The first-order valence-electron chi connectivity index (χ1n) is 17.9. The summed E-state index contributed by atoms with van der Waals surface area (Å²) < 4.78 is 0. The molecule has 2 aromatic rings. The maximum Gasteiger partial charge on any atom is 0.240 e. The Labute approximate surface area is 274 Å². The Bertz CT molecular complexity index is 960. The van der Waals surface area contributed by atoms with E-state index in [1.54, 1.807) is 24.3 Å². The van der Waals surface area contributed by atoms with Crippen LogP contribution in [0.15, 0.2) is 58.5 Å². The molecular weight excluding hydrogens is 556 g/mol. The Morgan fingerprint density at radius 2 is 0.933 bits per heavy atom. The van der Waals surface area contributed by atoms with Gasteiger partial charge in [0.25, 0.3) is 0 Å². The van der Waals surface area contributed by atoms with Crippen LogP contribution in [0.5, 0.6) is 0 Å². The molecule has 0 aromatic heterocycles. The predicted molar refractivity (Wildman–Crippen MR) is 191 cm³/mol. The molecule has 3 rings (SSSR count). The quantitative estimate of drug-likeness (QED) is 0.0873. The van der Waals surface area contributed by atoms with Crippen molar-refractivity contribution >= 4 is 23.5 Å². The van der Waals surface area contributed by atoms with Gasteiger partial charge in [0.1, 0.15) is 0 Å². The van der Waals surface area contributed by atoms with Gasteiger partial charge in [0, 0.05) is 6.04 Å². The third kappa shape index (κ3) is 24.1. The number of hydrogen-bond donors (Lipinski definition) is 2. The molecule has 0 atom stereocenters. The summed E-state index contributed by atoms with van der Waals surface area (Å²) in [6, 6.07) is 15.3. The molecule has 1 fully saturated rings. The van der Waals surface area contributed by atoms with Gasteiger partial charge in [-0.1, -0.05) is 147 Å². The van der Waals surface area contributed by atoms with E-state index in [0.717, 1.165) is 24.1 Å². The van der Waals surface area contributed by atoms with E-state index in [0.29, 0.717) is 17.4 Å². The summed E-state index contributed by atoms with van der Waals surface area (Å²) in [4.78, 5) is 27.3. The number of carbonyl (C=O) groups excluding carboxylic acids is 2. The fourth-order valence-electron chi connectivity index (χ4n) is 5.54. The van der Waals surface area contributed by atoms with E-state index in [-0.39, 0.29) is 0 Å². The van der Waals surface area contributed by atoms with Crippen LogP contribution in [0.4, 0.5) is 11.4 Å². The highest BCUT2D eigenvalue weighted by atomic mass is 16.1. The highest BCUT2D eigenvalue weighted by molar-refractivity contribution is 5.51. The number of nitrogens with zero attached hydrogens (tertiary/aromatic N) is 2.